The van der Waals surface area contributed by atoms with Crippen LogP contribution in [-0.2, 0) is 4.79 Å². The highest BCUT2D eigenvalue weighted by atomic mass is 16.6. The van der Waals surface area contributed by atoms with Crippen molar-refractivity contribution in [1.29, 1.82) is 0 Å². The Morgan fingerprint density at radius 1 is 1.17 bits per heavy atom. The number of rotatable bonds is 5. The zero-order chi connectivity index (χ0) is 16.2. The van der Waals surface area contributed by atoms with E-state index in [4.69, 9.17) is 9.47 Å². The van der Waals surface area contributed by atoms with E-state index in [2.05, 4.69) is 19.2 Å². The first kappa shape index (κ1) is 16.2. The van der Waals surface area contributed by atoms with Crippen LogP contribution in [0.3, 0.4) is 0 Å². The van der Waals surface area contributed by atoms with Gasteiger partial charge in [-0.15, -0.1) is 0 Å². The Hall–Kier alpha value is -1.71. The number of nitrogens with one attached hydrogen (secondary N) is 1. The third kappa shape index (κ3) is 3.80. The molecule has 0 bridgehead atoms. The van der Waals surface area contributed by atoms with Crippen molar-refractivity contribution in [1.82, 2.24) is 5.32 Å². The molecule has 1 N–H and O–H groups in total. The lowest BCUT2D eigenvalue weighted by Crippen LogP contribution is -2.35. The van der Waals surface area contributed by atoms with Crippen molar-refractivity contribution in [3.63, 3.8) is 0 Å². The summed E-state index contributed by atoms with van der Waals surface area (Å²) >= 11 is 0. The minimum absolute atomic E-state index is 0.0768. The van der Waals surface area contributed by atoms with Crippen molar-refractivity contribution in [2.75, 3.05) is 19.8 Å². The fourth-order valence-corrected chi connectivity index (χ4v) is 3.60. The van der Waals surface area contributed by atoms with Crippen LogP contribution in [0.25, 0.3) is 0 Å². The average molecular weight is 317 g/mol. The molecule has 1 aliphatic carbocycles. The summed E-state index contributed by atoms with van der Waals surface area (Å²) in [6, 6.07) is 5.99. The van der Waals surface area contributed by atoms with E-state index in [9.17, 15) is 4.79 Å². The van der Waals surface area contributed by atoms with Gasteiger partial charge in [0.1, 0.15) is 13.2 Å². The molecule has 3 rings (SSSR count). The number of carbonyl (C=O) groups is 1. The number of hydrogen-bond acceptors (Lipinski definition) is 3. The number of amides is 1. The molecule has 2 aliphatic rings. The standard InChI is InChI=1S/C19H27NO3/c1-13(2)12-20-19(21)18(14-5-3-4-6-14)15-7-8-16-17(11-15)23-10-9-22-16/h7-8,11,13-14,18H,3-6,9-10,12H2,1-2H3,(H,20,21). The van der Waals surface area contributed by atoms with Gasteiger partial charge in [0, 0.05) is 6.54 Å². The van der Waals surface area contributed by atoms with Crippen molar-refractivity contribution in [2.24, 2.45) is 11.8 Å². The van der Waals surface area contributed by atoms with E-state index in [1.54, 1.807) is 0 Å². The highest BCUT2D eigenvalue weighted by Crippen LogP contribution is 2.40. The Morgan fingerprint density at radius 2 is 1.87 bits per heavy atom. The molecule has 1 heterocycles. The number of ether oxygens (including phenoxy) is 2. The molecule has 1 saturated carbocycles. The predicted molar refractivity (Wildman–Crippen MR) is 90.0 cm³/mol. The maximum absolute atomic E-state index is 12.8. The zero-order valence-electron chi connectivity index (χ0n) is 14.1. The number of benzene rings is 1. The summed E-state index contributed by atoms with van der Waals surface area (Å²) in [6.45, 7) is 6.13. The molecule has 0 saturated heterocycles. The van der Waals surface area contributed by atoms with Gasteiger partial charge in [-0.05, 0) is 42.4 Å². The maximum atomic E-state index is 12.8. The van der Waals surface area contributed by atoms with Gasteiger partial charge in [0.2, 0.25) is 5.91 Å². The van der Waals surface area contributed by atoms with Gasteiger partial charge in [-0.25, -0.2) is 0 Å². The molecule has 0 aromatic heterocycles. The Labute approximate surface area is 138 Å². The maximum Gasteiger partial charge on any atom is 0.227 e. The van der Waals surface area contributed by atoms with Gasteiger partial charge < -0.3 is 14.8 Å². The van der Waals surface area contributed by atoms with Crippen LogP contribution in [0.4, 0.5) is 0 Å². The van der Waals surface area contributed by atoms with Crippen molar-refractivity contribution in [2.45, 2.75) is 45.4 Å². The lowest BCUT2D eigenvalue weighted by molar-refractivity contribution is -0.123. The molecule has 1 unspecified atom stereocenters. The summed E-state index contributed by atoms with van der Waals surface area (Å²) in [6.07, 6.45) is 4.72. The summed E-state index contributed by atoms with van der Waals surface area (Å²) < 4.78 is 11.3. The number of hydrogen-bond donors (Lipinski definition) is 1. The van der Waals surface area contributed by atoms with Gasteiger partial charge in [0.15, 0.2) is 11.5 Å². The molecule has 1 amide bonds. The first-order valence-electron chi connectivity index (χ1n) is 8.82. The number of fused-ring (bicyclic) bond motifs is 1. The van der Waals surface area contributed by atoms with Crippen LogP contribution in [0.5, 0.6) is 11.5 Å². The summed E-state index contributed by atoms with van der Waals surface area (Å²) in [5.74, 6) is 2.53. The molecule has 1 aromatic rings. The molecule has 0 radical (unpaired) electrons. The quantitative estimate of drug-likeness (QED) is 0.904. The zero-order valence-corrected chi connectivity index (χ0v) is 14.1. The lowest BCUT2D eigenvalue weighted by atomic mass is 9.84. The summed E-state index contributed by atoms with van der Waals surface area (Å²) in [5.41, 5.74) is 1.06. The predicted octanol–water partition coefficient (Wildman–Crippen LogP) is 3.50. The van der Waals surface area contributed by atoms with Gasteiger partial charge >= 0.3 is 0 Å². The van der Waals surface area contributed by atoms with E-state index < -0.39 is 0 Å². The van der Waals surface area contributed by atoms with E-state index in [-0.39, 0.29) is 11.8 Å². The minimum atomic E-state index is -0.0768. The topological polar surface area (TPSA) is 47.6 Å². The average Bonchev–Trinajstić information content (AvgIpc) is 3.07. The van der Waals surface area contributed by atoms with Crippen molar-refractivity contribution >= 4 is 5.91 Å². The molecule has 1 atom stereocenters. The Balaban J connectivity index is 1.83. The largest absolute Gasteiger partial charge is 0.486 e. The molecule has 1 aromatic carbocycles. The molecule has 1 aliphatic heterocycles. The second-order valence-electron chi connectivity index (χ2n) is 7.06. The molecule has 0 spiro atoms. The van der Waals surface area contributed by atoms with Crippen molar-refractivity contribution in [3.05, 3.63) is 23.8 Å². The van der Waals surface area contributed by atoms with Crippen molar-refractivity contribution in [3.8, 4) is 11.5 Å². The highest BCUT2D eigenvalue weighted by Gasteiger charge is 2.32. The minimum Gasteiger partial charge on any atom is -0.486 e. The molecule has 126 valence electrons. The second-order valence-corrected chi connectivity index (χ2v) is 7.06. The third-order valence-corrected chi connectivity index (χ3v) is 4.76. The molecule has 23 heavy (non-hydrogen) atoms. The van der Waals surface area contributed by atoms with Crippen LogP contribution in [0.1, 0.15) is 51.0 Å². The third-order valence-electron chi connectivity index (χ3n) is 4.76. The van der Waals surface area contributed by atoms with E-state index in [0.717, 1.165) is 36.4 Å². The second kappa shape index (κ2) is 7.24. The fraction of sp³-hybridized carbons (Fsp3) is 0.632. The molecular formula is C19H27NO3. The highest BCUT2D eigenvalue weighted by molar-refractivity contribution is 5.84. The van der Waals surface area contributed by atoms with E-state index in [0.29, 0.717) is 25.0 Å². The van der Waals surface area contributed by atoms with Gasteiger partial charge in [0.05, 0.1) is 5.92 Å². The van der Waals surface area contributed by atoms with Gasteiger partial charge in [-0.3, -0.25) is 4.79 Å². The van der Waals surface area contributed by atoms with Crippen LogP contribution < -0.4 is 14.8 Å². The van der Waals surface area contributed by atoms with Gasteiger partial charge in [0.25, 0.3) is 0 Å². The fourth-order valence-electron chi connectivity index (χ4n) is 3.60. The van der Waals surface area contributed by atoms with Crippen LogP contribution in [-0.4, -0.2) is 25.7 Å². The van der Waals surface area contributed by atoms with Crippen molar-refractivity contribution < 1.29 is 14.3 Å². The first-order valence-corrected chi connectivity index (χ1v) is 8.82. The summed E-state index contributed by atoms with van der Waals surface area (Å²) in [7, 11) is 0. The van der Waals surface area contributed by atoms with Crippen LogP contribution in [0.2, 0.25) is 0 Å². The van der Waals surface area contributed by atoms with E-state index in [1.165, 1.54) is 12.8 Å². The Morgan fingerprint density at radius 3 is 2.57 bits per heavy atom. The lowest BCUT2D eigenvalue weighted by Gasteiger charge is -2.26. The van der Waals surface area contributed by atoms with Crippen LogP contribution >= 0.6 is 0 Å². The van der Waals surface area contributed by atoms with Gasteiger partial charge in [-0.2, -0.15) is 0 Å². The smallest absolute Gasteiger partial charge is 0.227 e. The van der Waals surface area contributed by atoms with Gasteiger partial charge in [-0.1, -0.05) is 32.8 Å². The van der Waals surface area contributed by atoms with E-state index in [1.807, 2.05) is 18.2 Å². The molecule has 4 nitrogen and oxygen atoms in total. The summed E-state index contributed by atoms with van der Waals surface area (Å²) in [4.78, 5) is 12.8. The summed E-state index contributed by atoms with van der Waals surface area (Å²) in [5, 5.41) is 3.13. The first-order chi connectivity index (χ1) is 11.1. The van der Waals surface area contributed by atoms with Crippen LogP contribution in [0.15, 0.2) is 18.2 Å². The molecular weight excluding hydrogens is 290 g/mol. The van der Waals surface area contributed by atoms with E-state index >= 15 is 0 Å². The Bertz CT molecular complexity index is 550. The molecule has 1 fully saturated rings. The SMILES string of the molecule is CC(C)CNC(=O)C(c1ccc2c(c1)OCCO2)C1CCCC1. The number of carbonyl (C=O) groups excluding carboxylic acids is 1. The normalized spacial score (nSPS) is 18.9. The van der Waals surface area contributed by atoms with Crippen LogP contribution in [0, 0.1) is 11.8 Å². The molecule has 4 heteroatoms. The monoisotopic (exact) mass is 317 g/mol. The Kier molecular flexibility index (Phi) is 5.09.